The van der Waals surface area contributed by atoms with Gasteiger partial charge in [0.25, 0.3) is 5.91 Å². The number of nitrogens with one attached hydrogen (secondary N) is 2. The predicted octanol–water partition coefficient (Wildman–Crippen LogP) is 1.72. The minimum Gasteiger partial charge on any atom is -0.368 e. The quantitative estimate of drug-likeness (QED) is 0.758. The molecule has 0 unspecified atom stereocenters. The maximum Gasteiger partial charge on any atom is 0.322 e. The van der Waals surface area contributed by atoms with Crippen LogP contribution in [0.5, 0.6) is 0 Å². The van der Waals surface area contributed by atoms with Crippen molar-refractivity contribution in [2.75, 3.05) is 31.1 Å². The van der Waals surface area contributed by atoms with Gasteiger partial charge in [0.05, 0.1) is 0 Å². The molecule has 0 spiro atoms. The molecule has 1 aromatic carbocycles. The van der Waals surface area contributed by atoms with Crippen molar-refractivity contribution < 1.29 is 14.4 Å². The lowest BCUT2D eigenvalue weighted by Gasteiger charge is -2.37. The average Bonchev–Trinajstić information content (AvgIpc) is 3.48. The molecule has 1 aromatic rings. The van der Waals surface area contributed by atoms with Crippen LogP contribution < -0.4 is 15.5 Å². The molecule has 28 heavy (non-hydrogen) atoms. The molecule has 4 rings (SSSR count). The molecular weight excluding hydrogens is 356 g/mol. The summed E-state index contributed by atoms with van der Waals surface area (Å²) < 4.78 is 0. The molecule has 1 saturated carbocycles. The summed E-state index contributed by atoms with van der Waals surface area (Å²) in [5.74, 6) is -0.0463. The number of nitrogens with zero attached hydrogens (tertiary/aromatic N) is 2. The first-order valence-corrected chi connectivity index (χ1v) is 10.1. The van der Waals surface area contributed by atoms with E-state index in [1.807, 2.05) is 4.90 Å². The minimum atomic E-state index is -0.882. The number of amides is 4. The van der Waals surface area contributed by atoms with E-state index in [0.717, 1.165) is 25.9 Å². The first-order valence-electron chi connectivity index (χ1n) is 10.1. The van der Waals surface area contributed by atoms with Gasteiger partial charge in [-0.3, -0.25) is 14.9 Å². The summed E-state index contributed by atoms with van der Waals surface area (Å²) in [5.41, 5.74) is 2.92. The molecule has 150 valence electrons. The zero-order chi connectivity index (χ0) is 19.9. The Morgan fingerprint density at radius 3 is 2.46 bits per heavy atom. The molecule has 2 saturated heterocycles. The van der Waals surface area contributed by atoms with Crippen molar-refractivity contribution in [1.29, 1.82) is 0 Å². The van der Waals surface area contributed by atoms with Crippen molar-refractivity contribution in [1.82, 2.24) is 15.5 Å². The molecule has 7 nitrogen and oxygen atoms in total. The summed E-state index contributed by atoms with van der Waals surface area (Å²) in [7, 11) is 0. The van der Waals surface area contributed by atoms with E-state index in [-0.39, 0.29) is 24.2 Å². The Bertz CT molecular complexity index is 812. The Morgan fingerprint density at radius 2 is 1.86 bits per heavy atom. The second kappa shape index (κ2) is 7.11. The third-order valence-corrected chi connectivity index (χ3v) is 6.53. The zero-order valence-corrected chi connectivity index (χ0v) is 16.6. The summed E-state index contributed by atoms with van der Waals surface area (Å²) in [6.45, 7) is 7.23. The molecule has 3 aliphatic rings. The monoisotopic (exact) mass is 384 g/mol. The highest BCUT2D eigenvalue weighted by atomic mass is 16.2. The number of anilines is 1. The number of rotatable bonds is 5. The fourth-order valence-electron chi connectivity index (χ4n) is 4.49. The van der Waals surface area contributed by atoms with Gasteiger partial charge < -0.3 is 15.1 Å². The van der Waals surface area contributed by atoms with Crippen LogP contribution >= 0.6 is 0 Å². The third kappa shape index (κ3) is 3.34. The zero-order valence-electron chi connectivity index (χ0n) is 16.6. The molecule has 0 bridgehead atoms. The Kier molecular flexibility index (Phi) is 4.77. The Balaban J connectivity index is 1.34. The van der Waals surface area contributed by atoms with E-state index in [4.69, 9.17) is 0 Å². The van der Waals surface area contributed by atoms with Gasteiger partial charge in [-0.25, -0.2) is 4.79 Å². The van der Waals surface area contributed by atoms with Gasteiger partial charge in [-0.15, -0.1) is 0 Å². The minimum absolute atomic E-state index is 0.0644. The van der Waals surface area contributed by atoms with Crippen LogP contribution in [0.1, 0.15) is 36.8 Å². The molecule has 0 radical (unpaired) electrons. The van der Waals surface area contributed by atoms with Gasteiger partial charge in [0, 0.05) is 38.3 Å². The van der Waals surface area contributed by atoms with E-state index in [1.54, 1.807) is 0 Å². The van der Waals surface area contributed by atoms with Gasteiger partial charge in [-0.05, 0) is 56.2 Å². The van der Waals surface area contributed by atoms with Crippen LogP contribution in [0.25, 0.3) is 0 Å². The number of carbonyl (C=O) groups excluding carboxylic acids is 3. The summed E-state index contributed by atoms with van der Waals surface area (Å²) in [5, 5.41) is 5.14. The van der Waals surface area contributed by atoms with Gasteiger partial charge >= 0.3 is 6.03 Å². The number of urea groups is 1. The highest BCUT2D eigenvalue weighted by Crippen LogP contribution is 2.43. The summed E-state index contributed by atoms with van der Waals surface area (Å²) in [6, 6.07) is 5.90. The van der Waals surface area contributed by atoms with E-state index in [1.165, 1.54) is 16.8 Å². The van der Waals surface area contributed by atoms with Crippen molar-refractivity contribution >= 4 is 23.5 Å². The first kappa shape index (κ1) is 18.8. The lowest BCUT2D eigenvalue weighted by molar-refractivity contribution is -0.132. The number of piperazine rings is 1. The van der Waals surface area contributed by atoms with Gasteiger partial charge in [-0.1, -0.05) is 12.1 Å². The molecule has 4 amide bonds. The maximum absolute atomic E-state index is 12.8. The number of benzene rings is 1. The maximum atomic E-state index is 12.8. The fraction of sp³-hybridized carbons (Fsp3) is 0.571. The SMILES string of the molecule is Cc1cccc(N2CCN(C(=O)CC[C@]3(C4CC4)NC(=O)NC3=O)CC2)c1C. The van der Waals surface area contributed by atoms with Crippen molar-refractivity contribution in [3.8, 4) is 0 Å². The molecule has 0 aromatic heterocycles. The van der Waals surface area contributed by atoms with Gasteiger partial charge in [0.2, 0.25) is 5.91 Å². The van der Waals surface area contributed by atoms with Crippen molar-refractivity contribution in [2.24, 2.45) is 5.92 Å². The first-order chi connectivity index (χ1) is 13.4. The largest absolute Gasteiger partial charge is 0.368 e. The van der Waals surface area contributed by atoms with Crippen LogP contribution in [0.4, 0.5) is 10.5 Å². The molecule has 2 N–H and O–H groups in total. The third-order valence-electron chi connectivity index (χ3n) is 6.53. The number of carbonyl (C=O) groups is 3. The van der Waals surface area contributed by atoms with Crippen LogP contribution in [0, 0.1) is 19.8 Å². The number of aryl methyl sites for hydroxylation is 1. The van der Waals surface area contributed by atoms with E-state index >= 15 is 0 Å². The lowest BCUT2D eigenvalue weighted by Crippen LogP contribution is -2.52. The predicted molar refractivity (Wildman–Crippen MR) is 106 cm³/mol. The molecule has 2 aliphatic heterocycles. The molecule has 7 heteroatoms. The fourth-order valence-corrected chi connectivity index (χ4v) is 4.49. The molecule has 3 fully saturated rings. The highest BCUT2D eigenvalue weighted by molar-refractivity contribution is 6.07. The molecular formula is C21H28N4O3. The van der Waals surface area contributed by atoms with Crippen LogP contribution in [0.3, 0.4) is 0 Å². The molecule has 1 atom stereocenters. The standard InChI is InChI=1S/C21H28N4O3/c1-14-4-3-5-17(15(14)2)24-10-12-25(13-11-24)18(26)8-9-21(16-6-7-16)19(27)22-20(28)23-21/h3-5,16H,6-13H2,1-2H3,(H2,22,23,27,28)/t21-/m1/s1. The summed E-state index contributed by atoms with van der Waals surface area (Å²) >= 11 is 0. The van der Waals surface area contributed by atoms with Gasteiger partial charge in [-0.2, -0.15) is 0 Å². The average molecular weight is 384 g/mol. The molecule has 1 aliphatic carbocycles. The second-order valence-corrected chi connectivity index (χ2v) is 8.24. The van der Waals surface area contributed by atoms with E-state index in [9.17, 15) is 14.4 Å². The number of hydrogen-bond donors (Lipinski definition) is 2. The van der Waals surface area contributed by atoms with Crippen molar-refractivity contribution in [3.05, 3.63) is 29.3 Å². The smallest absolute Gasteiger partial charge is 0.322 e. The van der Waals surface area contributed by atoms with Crippen molar-refractivity contribution in [2.45, 2.75) is 45.1 Å². The Morgan fingerprint density at radius 1 is 1.14 bits per heavy atom. The van der Waals surface area contributed by atoms with E-state index < -0.39 is 11.6 Å². The topological polar surface area (TPSA) is 81.8 Å². The number of imide groups is 1. The normalized spacial score (nSPS) is 24.9. The second-order valence-electron chi connectivity index (χ2n) is 8.24. The van der Waals surface area contributed by atoms with Crippen LogP contribution in [-0.4, -0.2) is 54.5 Å². The number of hydrogen-bond acceptors (Lipinski definition) is 4. The summed E-state index contributed by atoms with van der Waals surface area (Å²) in [6.07, 6.45) is 2.52. The van der Waals surface area contributed by atoms with Crippen LogP contribution in [0.15, 0.2) is 18.2 Å². The van der Waals surface area contributed by atoms with E-state index in [2.05, 4.69) is 47.6 Å². The van der Waals surface area contributed by atoms with Crippen LogP contribution in [0.2, 0.25) is 0 Å². The Labute approximate surface area is 165 Å². The lowest BCUT2D eigenvalue weighted by atomic mass is 9.87. The highest BCUT2D eigenvalue weighted by Gasteiger charge is 2.55. The van der Waals surface area contributed by atoms with Gasteiger partial charge in [0.1, 0.15) is 5.54 Å². The van der Waals surface area contributed by atoms with Gasteiger partial charge in [0.15, 0.2) is 0 Å². The molecule has 2 heterocycles. The van der Waals surface area contributed by atoms with Crippen LogP contribution in [-0.2, 0) is 9.59 Å². The summed E-state index contributed by atoms with van der Waals surface area (Å²) in [4.78, 5) is 40.9. The Hall–Kier alpha value is -2.57. The van der Waals surface area contributed by atoms with Crippen molar-refractivity contribution in [3.63, 3.8) is 0 Å². The van der Waals surface area contributed by atoms with E-state index in [0.29, 0.717) is 19.5 Å².